The summed E-state index contributed by atoms with van der Waals surface area (Å²) >= 11 is 0. The van der Waals surface area contributed by atoms with Crippen molar-refractivity contribution in [3.63, 3.8) is 0 Å². The molecule has 0 heterocycles. The number of benzene rings is 1. The Labute approximate surface area is 121 Å². The van der Waals surface area contributed by atoms with Crippen LogP contribution in [0.3, 0.4) is 0 Å². The maximum atomic E-state index is 11.4. The molecule has 1 saturated carbocycles. The Morgan fingerprint density at radius 2 is 1.95 bits per heavy atom. The zero-order chi connectivity index (χ0) is 14.4. The quantitative estimate of drug-likeness (QED) is 0.803. The van der Waals surface area contributed by atoms with Crippen molar-refractivity contribution in [2.75, 3.05) is 0 Å². The molecule has 0 radical (unpaired) electrons. The number of carboxylic acid groups (broad SMARTS) is 1. The number of carboxylic acids is 1. The molecule has 20 heavy (non-hydrogen) atoms. The van der Waals surface area contributed by atoms with E-state index in [1.807, 2.05) is 30.3 Å². The molecule has 1 aromatic rings. The van der Waals surface area contributed by atoms with Gasteiger partial charge in [0.1, 0.15) is 6.04 Å². The maximum Gasteiger partial charge on any atom is 0.321 e. The first-order chi connectivity index (χ1) is 9.65. The van der Waals surface area contributed by atoms with Crippen LogP contribution in [0.4, 0.5) is 0 Å². The summed E-state index contributed by atoms with van der Waals surface area (Å²) in [5.41, 5.74) is 1.07. The standard InChI is InChI=1S/C17H25NO2/c1-13(11-14-9-5-6-10-14)18-16(17(19)20)12-15-7-3-2-4-8-15/h2-4,7-8,13-14,16,18H,5-6,9-12H2,1H3,(H,19,20)/t13?,16-/m0/s1. The van der Waals surface area contributed by atoms with Gasteiger partial charge in [-0.3, -0.25) is 4.79 Å². The van der Waals surface area contributed by atoms with Crippen LogP contribution in [0.25, 0.3) is 0 Å². The van der Waals surface area contributed by atoms with E-state index in [0.29, 0.717) is 6.42 Å². The largest absolute Gasteiger partial charge is 0.480 e. The first-order valence-corrected chi connectivity index (χ1v) is 7.68. The van der Waals surface area contributed by atoms with Gasteiger partial charge >= 0.3 is 5.97 Å². The molecule has 0 saturated heterocycles. The molecule has 3 heteroatoms. The second-order valence-electron chi connectivity index (χ2n) is 6.03. The average Bonchev–Trinajstić information content (AvgIpc) is 2.92. The molecule has 1 fully saturated rings. The predicted octanol–water partition coefficient (Wildman–Crippen LogP) is 3.24. The first-order valence-electron chi connectivity index (χ1n) is 7.68. The van der Waals surface area contributed by atoms with E-state index in [0.717, 1.165) is 17.9 Å². The third-order valence-corrected chi connectivity index (χ3v) is 4.23. The first kappa shape index (κ1) is 15.0. The molecule has 2 rings (SSSR count). The molecule has 1 aromatic carbocycles. The zero-order valence-corrected chi connectivity index (χ0v) is 12.2. The van der Waals surface area contributed by atoms with E-state index < -0.39 is 12.0 Å². The van der Waals surface area contributed by atoms with Gasteiger partial charge in [-0.25, -0.2) is 0 Å². The minimum Gasteiger partial charge on any atom is -0.480 e. The van der Waals surface area contributed by atoms with Crippen LogP contribution in [0.1, 0.15) is 44.6 Å². The van der Waals surface area contributed by atoms with Crippen molar-refractivity contribution in [1.29, 1.82) is 0 Å². The molecule has 1 aliphatic rings. The highest BCUT2D eigenvalue weighted by atomic mass is 16.4. The third-order valence-electron chi connectivity index (χ3n) is 4.23. The van der Waals surface area contributed by atoms with Crippen LogP contribution in [0.2, 0.25) is 0 Å². The van der Waals surface area contributed by atoms with Crippen LogP contribution in [0, 0.1) is 5.92 Å². The van der Waals surface area contributed by atoms with Crippen molar-refractivity contribution in [2.24, 2.45) is 5.92 Å². The Morgan fingerprint density at radius 3 is 2.55 bits per heavy atom. The highest BCUT2D eigenvalue weighted by molar-refractivity contribution is 5.74. The van der Waals surface area contributed by atoms with E-state index in [1.165, 1.54) is 25.7 Å². The van der Waals surface area contributed by atoms with Crippen molar-refractivity contribution in [1.82, 2.24) is 5.32 Å². The molecule has 2 atom stereocenters. The lowest BCUT2D eigenvalue weighted by molar-refractivity contribution is -0.139. The monoisotopic (exact) mass is 275 g/mol. The van der Waals surface area contributed by atoms with Crippen LogP contribution >= 0.6 is 0 Å². The third kappa shape index (κ3) is 4.64. The van der Waals surface area contributed by atoms with E-state index in [9.17, 15) is 9.90 Å². The van der Waals surface area contributed by atoms with E-state index in [1.54, 1.807) is 0 Å². The lowest BCUT2D eigenvalue weighted by Crippen LogP contribution is -2.44. The van der Waals surface area contributed by atoms with Gasteiger partial charge in [0.05, 0.1) is 0 Å². The van der Waals surface area contributed by atoms with Gasteiger partial charge in [-0.2, -0.15) is 0 Å². The van der Waals surface area contributed by atoms with Crippen LogP contribution < -0.4 is 5.32 Å². The molecule has 0 amide bonds. The Hall–Kier alpha value is -1.35. The molecule has 1 unspecified atom stereocenters. The number of hydrogen-bond donors (Lipinski definition) is 2. The summed E-state index contributed by atoms with van der Waals surface area (Å²) in [6.07, 6.45) is 6.93. The molecule has 0 bridgehead atoms. The van der Waals surface area contributed by atoms with Gasteiger partial charge in [-0.05, 0) is 31.2 Å². The summed E-state index contributed by atoms with van der Waals surface area (Å²) in [6, 6.07) is 9.61. The van der Waals surface area contributed by atoms with Crippen molar-refractivity contribution in [2.45, 2.75) is 57.5 Å². The number of carbonyl (C=O) groups is 1. The number of aliphatic carboxylic acids is 1. The summed E-state index contributed by atoms with van der Waals surface area (Å²) in [6.45, 7) is 2.11. The topological polar surface area (TPSA) is 49.3 Å². The molecule has 0 spiro atoms. The zero-order valence-electron chi connectivity index (χ0n) is 12.2. The maximum absolute atomic E-state index is 11.4. The second kappa shape index (κ2) is 7.44. The van der Waals surface area contributed by atoms with Crippen LogP contribution in [-0.4, -0.2) is 23.2 Å². The number of hydrogen-bond acceptors (Lipinski definition) is 2. The number of rotatable bonds is 7. The summed E-state index contributed by atoms with van der Waals surface area (Å²) in [7, 11) is 0. The molecule has 1 aliphatic carbocycles. The molecule has 3 nitrogen and oxygen atoms in total. The molecule has 0 aromatic heterocycles. The van der Waals surface area contributed by atoms with Gasteiger partial charge in [-0.15, -0.1) is 0 Å². The van der Waals surface area contributed by atoms with Gasteiger partial charge in [0.25, 0.3) is 0 Å². The van der Waals surface area contributed by atoms with Crippen LogP contribution in [0.15, 0.2) is 30.3 Å². The normalized spacial score (nSPS) is 18.9. The van der Waals surface area contributed by atoms with Crippen LogP contribution in [0.5, 0.6) is 0 Å². The Balaban J connectivity index is 1.86. The fourth-order valence-electron chi connectivity index (χ4n) is 3.22. The van der Waals surface area contributed by atoms with Gasteiger partial charge in [-0.1, -0.05) is 56.0 Å². The highest BCUT2D eigenvalue weighted by Crippen LogP contribution is 2.28. The summed E-state index contributed by atoms with van der Waals surface area (Å²) in [5.74, 6) is 0.0239. The Morgan fingerprint density at radius 1 is 1.30 bits per heavy atom. The fraction of sp³-hybridized carbons (Fsp3) is 0.588. The van der Waals surface area contributed by atoms with E-state index in [2.05, 4.69) is 12.2 Å². The molecular weight excluding hydrogens is 250 g/mol. The van der Waals surface area contributed by atoms with Gasteiger partial charge < -0.3 is 10.4 Å². The van der Waals surface area contributed by atoms with Crippen LogP contribution in [-0.2, 0) is 11.2 Å². The lowest BCUT2D eigenvalue weighted by Gasteiger charge is -2.22. The van der Waals surface area contributed by atoms with Crippen molar-refractivity contribution < 1.29 is 9.90 Å². The molecule has 2 N–H and O–H groups in total. The predicted molar refractivity (Wildman–Crippen MR) is 80.7 cm³/mol. The number of nitrogens with one attached hydrogen (secondary N) is 1. The van der Waals surface area contributed by atoms with Gasteiger partial charge in [0.2, 0.25) is 0 Å². The Kier molecular flexibility index (Phi) is 5.60. The fourth-order valence-corrected chi connectivity index (χ4v) is 3.22. The lowest BCUT2D eigenvalue weighted by atomic mass is 9.98. The highest BCUT2D eigenvalue weighted by Gasteiger charge is 2.23. The molecule has 0 aliphatic heterocycles. The van der Waals surface area contributed by atoms with Crippen molar-refractivity contribution in [3.8, 4) is 0 Å². The second-order valence-corrected chi connectivity index (χ2v) is 6.03. The summed E-state index contributed by atoms with van der Waals surface area (Å²) in [5, 5.41) is 12.7. The van der Waals surface area contributed by atoms with Crippen molar-refractivity contribution >= 4 is 5.97 Å². The van der Waals surface area contributed by atoms with Crippen molar-refractivity contribution in [3.05, 3.63) is 35.9 Å². The van der Waals surface area contributed by atoms with E-state index >= 15 is 0 Å². The summed E-state index contributed by atoms with van der Waals surface area (Å²) in [4.78, 5) is 11.4. The molecule has 110 valence electrons. The van der Waals surface area contributed by atoms with E-state index in [4.69, 9.17) is 0 Å². The smallest absolute Gasteiger partial charge is 0.321 e. The Bertz CT molecular complexity index is 412. The molecular formula is C17H25NO2. The van der Waals surface area contributed by atoms with Gasteiger partial charge in [0.15, 0.2) is 0 Å². The van der Waals surface area contributed by atoms with E-state index in [-0.39, 0.29) is 6.04 Å². The average molecular weight is 275 g/mol. The van der Waals surface area contributed by atoms with Gasteiger partial charge in [0, 0.05) is 6.04 Å². The minimum absolute atomic E-state index is 0.267. The SMILES string of the molecule is CC(CC1CCCC1)N[C@@H](Cc1ccccc1)C(=O)O. The summed E-state index contributed by atoms with van der Waals surface area (Å²) < 4.78 is 0. The minimum atomic E-state index is -0.757.